The summed E-state index contributed by atoms with van der Waals surface area (Å²) >= 11 is 0. The minimum atomic E-state index is -0.547. The quantitative estimate of drug-likeness (QED) is 0.568. The van der Waals surface area contributed by atoms with Gasteiger partial charge in [0, 0.05) is 5.69 Å². The van der Waals surface area contributed by atoms with Crippen molar-refractivity contribution in [3.63, 3.8) is 0 Å². The molecule has 0 radical (unpaired) electrons. The van der Waals surface area contributed by atoms with Gasteiger partial charge in [0.15, 0.2) is 0 Å². The standard InChI is InChI=1S/C14H21FN2O2/c1-8(2)5-12(14(18)17-19)16-11-6-9(3)13(15)10(4)7-11/h6-8,12,16,19H,5H2,1-4H3,(H,17,18). The number of carbonyl (C=O) groups is 1. The lowest BCUT2D eigenvalue weighted by Gasteiger charge is -2.20. The van der Waals surface area contributed by atoms with Crippen LogP contribution in [0.25, 0.3) is 0 Å². The molecule has 1 unspecified atom stereocenters. The van der Waals surface area contributed by atoms with Crippen LogP contribution in [0.5, 0.6) is 0 Å². The van der Waals surface area contributed by atoms with Gasteiger partial charge in [-0.3, -0.25) is 10.0 Å². The molecule has 5 heteroatoms. The van der Waals surface area contributed by atoms with E-state index in [1.807, 2.05) is 13.8 Å². The van der Waals surface area contributed by atoms with E-state index >= 15 is 0 Å². The highest BCUT2D eigenvalue weighted by Crippen LogP contribution is 2.20. The number of nitrogens with one attached hydrogen (secondary N) is 2. The summed E-state index contributed by atoms with van der Waals surface area (Å²) in [6, 6.07) is 2.76. The van der Waals surface area contributed by atoms with Crippen molar-refractivity contribution in [2.75, 3.05) is 5.32 Å². The van der Waals surface area contributed by atoms with Gasteiger partial charge in [-0.05, 0) is 49.4 Å². The molecule has 0 aliphatic heterocycles. The first-order chi connectivity index (χ1) is 8.85. The predicted octanol–water partition coefficient (Wildman–Crippen LogP) is 2.77. The molecule has 1 rings (SSSR count). The van der Waals surface area contributed by atoms with E-state index in [-0.39, 0.29) is 11.7 Å². The lowest BCUT2D eigenvalue weighted by Crippen LogP contribution is -2.39. The largest absolute Gasteiger partial charge is 0.374 e. The third-order valence-electron chi connectivity index (χ3n) is 2.91. The molecule has 1 aromatic rings. The topological polar surface area (TPSA) is 61.4 Å². The summed E-state index contributed by atoms with van der Waals surface area (Å²) in [5.41, 5.74) is 3.37. The molecule has 0 heterocycles. The van der Waals surface area contributed by atoms with Crippen LogP contribution in [0, 0.1) is 25.6 Å². The fraction of sp³-hybridized carbons (Fsp3) is 0.500. The van der Waals surface area contributed by atoms with Crippen molar-refractivity contribution < 1.29 is 14.4 Å². The van der Waals surface area contributed by atoms with Gasteiger partial charge >= 0.3 is 0 Å². The van der Waals surface area contributed by atoms with Crippen molar-refractivity contribution >= 4 is 11.6 Å². The molecule has 0 aromatic heterocycles. The van der Waals surface area contributed by atoms with Crippen molar-refractivity contribution in [2.24, 2.45) is 5.92 Å². The van der Waals surface area contributed by atoms with Crippen LogP contribution in [-0.4, -0.2) is 17.2 Å². The Morgan fingerprint density at radius 1 is 1.32 bits per heavy atom. The van der Waals surface area contributed by atoms with Crippen molar-refractivity contribution in [3.05, 3.63) is 29.1 Å². The van der Waals surface area contributed by atoms with Crippen LogP contribution < -0.4 is 10.8 Å². The van der Waals surface area contributed by atoms with Crippen molar-refractivity contribution in [3.8, 4) is 0 Å². The number of carbonyl (C=O) groups excluding carboxylic acids is 1. The smallest absolute Gasteiger partial charge is 0.265 e. The molecular formula is C14H21FN2O2. The van der Waals surface area contributed by atoms with Crippen molar-refractivity contribution in [1.29, 1.82) is 0 Å². The number of hydrogen-bond acceptors (Lipinski definition) is 3. The lowest BCUT2D eigenvalue weighted by atomic mass is 10.0. The zero-order valence-electron chi connectivity index (χ0n) is 11.7. The number of benzene rings is 1. The maximum atomic E-state index is 13.5. The van der Waals surface area contributed by atoms with Gasteiger partial charge in [0.25, 0.3) is 5.91 Å². The Kier molecular flexibility index (Phi) is 5.30. The number of rotatable bonds is 5. The Hall–Kier alpha value is -1.62. The first kappa shape index (κ1) is 15.4. The van der Waals surface area contributed by atoms with Gasteiger partial charge in [0.2, 0.25) is 0 Å². The normalized spacial score (nSPS) is 12.4. The highest BCUT2D eigenvalue weighted by atomic mass is 19.1. The molecule has 4 nitrogen and oxygen atoms in total. The van der Waals surface area contributed by atoms with Gasteiger partial charge in [-0.15, -0.1) is 0 Å². The molecule has 0 saturated heterocycles. The van der Waals surface area contributed by atoms with Crippen LogP contribution in [0.2, 0.25) is 0 Å². The molecule has 3 N–H and O–H groups in total. The molecule has 106 valence electrons. The fourth-order valence-corrected chi connectivity index (χ4v) is 2.01. The number of amides is 1. The Bertz CT molecular complexity index is 438. The van der Waals surface area contributed by atoms with E-state index < -0.39 is 11.9 Å². The Morgan fingerprint density at radius 3 is 2.26 bits per heavy atom. The van der Waals surface area contributed by atoms with Gasteiger partial charge in [0.05, 0.1) is 0 Å². The van der Waals surface area contributed by atoms with Crippen LogP contribution in [-0.2, 0) is 4.79 Å². The van der Waals surface area contributed by atoms with Crippen LogP contribution >= 0.6 is 0 Å². The predicted molar refractivity (Wildman–Crippen MR) is 72.7 cm³/mol. The van der Waals surface area contributed by atoms with Crippen molar-refractivity contribution in [2.45, 2.75) is 40.2 Å². The number of hydrogen-bond donors (Lipinski definition) is 3. The van der Waals surface area contributed by atoms with Gasteiger partial charge in [-0.1, -0.05) is 13.8 Å². The first-order valence-corrected chi connectivity index (χ1v) is 6.32. The average Bonchev–Trinajstić information content (AvgIpc) is 2.33. The monoisotopic (exact) mass is 268 g/mol. The number of hydroxylamine groups is 1. The minimum Gasteiger partial charge on any atom is -0.374 e. The zero-order valence-corrected chi connectivity index (χ0v) is 11.7. The fourth-order valence-electron chi connectivity index (χ4n) is 2.01. The zero-order chi connectivity index (χ0) is 14.6. The molecule has 19 heavy (non-hydrogen) atoms. The molecule has 0 aliphatic rings. The molecule has 0 aliphatic carbocycles. The summed E-state index contributed by atoms with van der Waals surface area (Å²) in [4.78, 5) is 11.6. The second-order valence-corrected chi connectivity index (χ2v) is 5.23. The summed E-state index contributed by atoms with van der Waals surface area (Å²) in [6.45, 7) is 7.33. The molecular weight excluding hydrogens is 247 g/mol. The highest BCUT2D eigenvalue weighted by Gasteiger charge is 2.19. The minimum absolute atomic E-state index is 0.238. The Balaban J connectivity index is 2.93. The first-order valence-electron chi connectivity index (χ1n) is 6.32. The molecule has 1 atom stereocenters. The van der Waals surface area contributed by atoms with Crippen LogP contribution in [0.15, 0.2) is 12.1 Å². The van der Waals surface area contributed by atoms with E-state index in [2.05, 4.69) is 5.32 Å². The molecule has 1 aromatic carbocycles. The summed E-state index contributed by atoms with van der Waals surface area (Å²) in [5.74, 6) is -0.441. The van der Waals surface area contributed by atoms with Crippen LogP contribution in [0.4, 0.5) is 10.1 Å². The average molecular weight is 268 g/mol. The number of halogens is 1. The van der Waals surface area contributed by atoms with E-state index in [9.17, 15) is 9.18 Å². The van der Waals surface area contributed by atoms with Gasteiger partial charge < -0.3 is 5.32 Å². The second-order valence-electron chi connectivity index (χ2n) is 5.23. The molecule has 0 saturated carbocycles. The molecule has 0 bridgehead atoms. The summed E-state index contributed by atoms with van der Waals surface area (Å²) in [7, 11) is 0. The van der Waals surface area contributed by atoms with Gasteiger partial charge in [0.1, 0.15) is 11.9 Å². The van der Waals surface area contributed by atoms with Gasteiger partial charge in [-0.25, -0.2) is 9.87 Å². The summed E-state index contributed by atoms with van der Waals surface area (Å²) in [5, 5.41) is 11.8. The number of anilines is 1. The highest BCUT2D eigenvalue weighted by molar-refractivity contribution is 5.83. The third kappa shape index (κ3) is 4.21. The van der Waals surface area contributed by atoms with E-state index in [4.69, 9.17) is 5.21 Å². The maximum Gasteiger partial charge on any atom is 0.265 e. The maximum absolute atomic E-state index is 13.5. The lowest BCUT2D eigenvalue weighted by molar-refractivity contribution is -0.130. The molecule has 1 amide bonds. The van der Waals surface area contributed by atoms with E-state index in [0.29, 0.717) is 23.2 Å². The van der Waals surface area contributed by atoms with Crippen LogP contribution in [0.1, 0.15) is 31.4 Å². The van der Waals surface area contributed by atoms with Gasteiger partial charge in [-0.2, -0.15) is 0 Å². The van der Waals surface area contributed by atoms with E-state index in [0.717, 1.165) is 0 Å². The molecule has 0 spiro atoms. The Morgan fingerprint density at radius 2 is 1.84 bits per heavy atom. The van der Waals surface area contributed by atoms with E-state index in [1.54, 1.807) is 31.5 Å². The summed E-state index contributed by atoms with van der Waals surface area (Å²) in [6.07, 6.45) is 0.571. The van der Waals surface area contributed by atoms with E-state index in [1.165, 1.54) is 0 Å². The molecule has 0 fully saturated rings. The third-order valence-corrected chi connectivity index (χ3v) is 2.91. The number of aryl methyl sites for hydroxylation is 2. The van der Waals surface area contributed by atoms with Crippen molar-refractivity contribution in [1.82, 2.24) is 5.48 Å². The van der Waals surface area contributed by atoms with Crippen LogP contribution in [0.3, 0.4) is 0 Å². The second kappa shape index (κ2) is 6.52. The summed E-state index contributed by atoms with van der Waals surface area (Å²) < 4.78 is 13.5. The Labute approximate surface area is 113 Å². The SMILES string of the molecule is Cc1cc(NC(CC(C)C)C(=O)NO)cc(C)c1F.